The summed E-state index contributed by atoms with van der Waals surface area (Å²) >= 11 is 1.45. The number of amides is 1. The van der Waals surface area contributed by atoms with E-state index < -0.39 is 0 Å². The van der Waals surface area contributed by atoms with Gasteiger partial charge in [-0.25, -0.2) is 0 Å². The minimum Gasteiger partial charge on any atom is -0.326 e. The molecule has 6 heteroatoms. The largest absolute Gasteiger partial charge is 0.326 e. The van der Waals surface area contributed by atoms with Gasteiger partial charge in [0.05, 0.1) is 10.6 Å². The van der Waals surface area contributed by atoms with Gasteiger partial charge in [-0.15, -0.1) is 5.10 Å². The summed E-state index contributed by atoms with van der Waals surface area (Å²) in [6.07, 6.45) is 0. The van der Waals surface area contributed by atoms with E-state index in [1.807, 2.05) is 31.2 Å². The highest BCUT2D eigenvalue weighted by Crippen LogP contribution is 2.15. The molecule has 0 aliphatic rings. The summed E-state index contributed by atoms with van der Waals surface area (Å²) in [6, 6.07) is 7.90. The van der Waals surface area contributed by atoms with E-state index in [-0.39, 0.29) is 5.91 Å². The number of anilines is 1. The van der Waals surface area contributed by atoms with Crippen LogP contribution in [0, 0.1) is 6.92 Å². The van der Waals surface area contributed by atoms with Gasteiger partial charge in [0.1, 0.15) is 0 Å². The maximum Gasteiger partial charge on any atom is 0.221 e. The first-order chi connectivity index (χ1) is 9.54. The third-order valence-corrected chi connectivity index (χ3v) is 3.69. The van der Waals surface area contributed by atoms with Crippen molar-refractivity contribution >= 4 is 23.1 Å². The molecule has 0 unspecified atom stereocenters. The van der Waals surface area contributed by atoms with E-state index >= 15 is 0 Å². The zero-order valence-corrected chi connectivity index (χ0v) is 12.7. The first-order valence-corrected chi connectivity index (χ1v) is 7.15. The molecule has 0 spiro atoms. The Hall–Kier alpha value is -1.79. The molecule has 0 aliphatic carbocycles. The van der Waals surface area contributed by atoms with E-state index in [2.05, 4.69) is 26.9 Å². The summed E-state index contributed by atoms with van der Waals surface area (Å²) < 4.78 is 3.95. The van der Waals surface area contributed by atoms with Gasteiger partial charge < -0.3 is 5.32 Å². The number of hydrogen-bond acceptors (Lipinski definition) is 5. The summed E-state index contributed by atoms with van der Waals surface area (Å²) in [5.41, 5.74) is 3.03. The van der Waals surface area contributed by atoms with Crippen molar-refractivity contribution in [2.45, 2.75) is 26.9 Å². The molecule has 0 saturated carbocycles. The van der Waals surface area contributed by atoms with E-state index in [4.69, 9.17) is 0 Å². The molecule has 1 N–H and O–H groups in total. The smallest absolute Gasteiger partial charge is 0.221 e. The van der Waals surface area contributed by atoms with E-state index in [0.717, 1.165) is 24.5 Å². The second-order valence-electron chi connectivity index (χ2n) is 4.83. The fourth-order valence-electron chi connectivity index (χ4n) is 1.91. The number of nitrogens with one attached hydrogen (secondary N) is 1. The highest BCUT2D eigenvalue weighted by molar-refractivity contribution is 7.05. The standard InChI is InChI=1S/C14H18N4OS/c1-10-14(20-17-16-10)9-18(3)8-12-4-6-13(7-5-12)15-11(2)19/h4-7H,8-9H2,1-3H3,(H,15,19). The molecular formula is C14H18N4OS. The molecule has 0 radical (unpaired) electrons. The molecule has 0 aliphatic heterocycles. The lowest BCUT2D eigenvalue weighted by Crippen LogP contribution is -2.17. The average molecular weight is 290 g/mol. The lowest BCUT2D eigenvalue weighted by atomic mass is 10.2. The van der Waals surface area contributed by atoms with Gasteiger partial charge in [-0.3, -0.25) is 9.69 Å². The molecule has 0 fully saturated rings. The highest BCUT2D eigenvalue weighted by Gasteiger charge is 2.07. The Balaban J connectivity index is 1.92. The lowest BCUT2D eigenvalue weighted by molar-refractivity contribution is -0.114. The number of hydrogen-bond donors (Lipinski definition) is 1. The average Bonchev–Trinajstić information content (AvgIpc) is 2.77. The van der Waals surface area contributed by atoms with Crippen LogP contribution >= 0.6 is 11.5 Å². The van der Waals surface area contributed by atoms with Crippen LogP contribution in [0.3, 0.4) is 0 Å². The fourth-order valence-corrected chi connectivity index (χ4v) is 2.62. The Morgan fingerprint density at radius 3 is 2.55 bits per heavy atom. The van der Waals surface area contributed by atoms with Crippen LogP contribution in [-0.2, 0) is 17.9 Å². The van der Waals surface area contributed by atoms with Crippen molar-refractivity contribution in [3.8, 4) is 0 Å². The maximum absolute atomic E-state index is 11.0. The normalized spacial score (nSPS) is 10.8. The van der Waals surface area contributed by atoms with Gasteiger partial charge in [-0.1, -0.05) is 16.6 Å². The highest BCUT2D eigenvalue weighted by atomic mass is 32.1. The second kappa shape index (κ2) is 6.58. The predicted octanol–water partition coefficient (Wildman–Crippen LogP) is 2.44. The first-order valence-electron chi connectivity index (χ1n) is 6.37. The summed E-state index contributed by atoms with van der Waals surface area (Å²) in [5, 5.41) is 6.78. The number of benzene rings is 1. The Morgan fingerprint density at radius 1 is 1.30 bits per heavy atom. The molecule has 0 bridgehead atoms. The topological polar surface area (TPSA) is 58.1 Å². The van der Waals surface area contributed by atoms with E-state index in [1.54, 1.807) is 0 Å². The molecule has 5 nitrogen and oxygen atoms in total. The molecule has 1 aromatic carbocycles. The van der Waals surface area contributed by atoms with Crippen molar-refractivity contribution in [3.63, 3.8) is 0 Å². The van der Waals surface area contributed by atoms with Crippen molar-refractivity contribution in [1.29, 1.82) is 0 Å². The number of nitrogens with zero attached hydrogens (tertiary/aromatic N) is 3. The van der Waals surface area contributed by atoms with Crippen molar-refractivity contribution < 1.29 is 4.79 Å². The van der Waals surface area contributed by atoms with Crippen LogP contribution in [0.1, 0.15) is 23.1 Å². The summed E-state index contributed by atoms with van der Waals surface area (Å²) in [5.74, 6) is -0.0527. The Morgan fingerprint density at radius 2 is 2.00 bits per heavy atom. The number of carbonyl (C=O) groups excluding carboxylic acids is 1. The quantitative estimate of drug-likeness (QED) is 0.919. The van der Waals surface area contributed by atoms with E-state index in [1.165, 1.54) is 28.9 Å². The summed E-state index contributed by atoms with van der Waals surface area (Å²) in [7, 11) is 2.07. The van der Waals surface area contributed by atoms with Crippen molar-refractivity contribution in [2.24, 2.45) is 0 Å². The number of rotatable bonds is 5. The molecule has 1 aromatic heterocycles. The van der Waals surface area contributed by atoms with Gasteiger partial charge in [-0.05, 0) is 43.2 Å². The van der Waals surface area contributed by atoms with Gasteiger partial charge in [-0.2, -0.15) is 0 Å². The maximum atomic E-state index is 11.0. The summed E-state index contributed by atoms with van der Waals surface area (Å²) in [6.45, 7) is 5.18. The van der Waals surface area contributed by atoms with Gasteiger partial charge in [0, 0.05) is 25.7 Å². The van der Waals surface area contributed by atoms with Crippen LogP contribution in [0.5, 0.6) is 0 Å². The van der Waals surface area contributed by atoms with Gasteiger partial charge in [0.25, 0.3) is 0 Å². The Bertz CT molecular complexity index is 579. The Kier molecular flexibility index (Phi) is 4.81. The SMILES string of the molecule is CC(=O)Nc1ccc(CN(C)Cc2snnc2C)cc1. The second-order valence-corrected chi connectivity index (χ2v) is 5.67. The van der Waals surface area contributed by atoms with Crippen molar-refractivity contribution in [2.75, 3.05) is 12.4 Å². The zero-order chi connectivity index (χ0) is 14.5. The van der Waals surface area contributed by atoms with Crippen LogP contribution < -0.4 is 5.32 Å². The van der Waals surface area contributed by atoms with E-state index in [9.17, 15) is 4.79 Å². The molecule has 106 valence electrons. The zero-order valence-electron chi connectivity index (χ0n) is 11.9. The van der Waals surface area contributed by atoms with Crippen LogP contribution in [-0.4, -0.2) is 27.4 Å². The number of aryl methyl sites for hydroxylation is 1. The molecule has 0 atom stereocenters. The van der Waals surface area contributed by atoms with Crippen LogP contribution in [0.4, 0.5) is 5.69 Å². The minimum atomic E-state index is -0.0527. The first kappa shape index (κ1) is 14.6. The molecule has 20 heavy (non-hydrogen) atoms. The van der Waals surface area contributed by atoms with Crippen LogP contribution in [0.25, 0.3) is 0 Å². The van der Waals surface area contributed by atoms with Crippen molar-refractivity contribution in [3.05, 3.63) is 40.4 Å². The molecule has 1 amide bonds. The van der Waals surface area contributed by atoms with E-state index in [0.29, 0.717) is 0 Å². The number of aromatic nitrogens is 2. The Labute approximate surface area is 122 Å². The molecule has 0 saturated heterocycles. The molecular weight excluding hydrogens is 272 g/mol. The predicted molar refractivity (Wildman–Crippen MR) is 80.6 cm³/mol. The minimum absolute atomic E-state index is 0.0527. The molecule has 1 heterocycles. The third kappa shape index (κ3) is 4.11. The van der Waals surface area contributed by atoms with Gasteiger partial charge >= 0.3 is 0 Å². The van der Waals surface area contributed by atoms with Gasteiger partial charge in [0.2, 0.25) is 5.91 Å². The fraction of sp³-hybridized carbons (Fsp3) is 0.357. The monoisotopic (exact) mass is 290 g/mol. The van der Waals surface area contributed by atoms with Crippen LogP contribution in [0.2, 0.25) is 0 Å². The molecule has 2 rings (SSSR count). The van der Waals surface area contributed by atoms with Crippen LogP contribution in [0.15, 0.2) is 24.3 Å². The summed E-state index contributed by atoms with van der Waals surface area (Å²) in [4.78, 5) is 14.4. The molecule has 2 aromatic rings. The number of carbonyl (C=O) groups is 1. The third-order valence-electron chi connectivity index (χ3n) is 2.89. The van der Waals surface area contributed by atoms with Crippen molar-refractivity contribution in [1.82, 2.24) is 14.5 Å². The lowest BCUT2D eigenvalue weighted by Gasteiger charge is -2.16. The van der Waals surface area contributed by atoms with Gasteiger partial charge in [0.15, 0.2) is 0 Å².